The minimum absolute atomic E-state index is 0.975. The van der Waals surface area contributed by atoms with E-state index >= 15 is 0 Å². The smallest absolute Gasteiger partial charge is 0.0856 e. The minimum atomic E-state index is 0.975. The number of halogens is 3. The average molecular weight is 380 g/mol. The van der Waals surface area contributed by atoms with E-state index in [2.05, 4.69) is 71.8 Å². The van der Waals surface area contributed by atoms with E-state index in [1.54, 1.807) is 6.20 Å². The molecule has 0 aliphatic heterocycles. The van der Waals surface area contributed by atoms with Gasteiger partial charge in [0.1, 0.15) is 0 Å². The summed E-state index contributed by atoms with van der Waals surface area (Å²) in [4.78, 5) is 4.36. The van der Waals surface area contributed by atoms with Crippen LogP contribution in [0.25, 0.3) is 10.9 Å². The Hall–Kier alpha value is 0.0700. The van der Waals surface area contributed by atoms with Crippen LogP contribution in [-0.2, 0) is 0 Å². The predicted octanol–water partition coefficient (Wildman–Crippen LogP) is 4.83. The van der Waals surface area contributed by atoms with Crippen LogP contribution in [-0.4, -0.2) is 4.98 Å². The normalized spacial score (nSPS) is 10.9. The van der Waals surface area contributed by atoms with Gasteiger partial charge in [0.15, 0.2) is 0 Å². The van der Waals surface area contributed by atoms with E-state index in [-0.39, 0.29) is 0 Å². The molecular formula is C10H6Br3N. The SMILES string of the molecule is Cc1cc(Br)c2ncc(Br)c(Br)c2c1. The van der Waals surface area contributed by atoms with Gasteiger partial charge < -0.3 is 0 Å². The zero-order valence-corrected chi connectivity index (χ0v) is 12.1. The third kappa shape index (κ3) is 1.75. The maximum absolute atomic E-state index is 4.36. The molecule has 0 saturated carbocycles. The number of aromatic nitrogens is 1. The van der Waals surface area contributed by atoms with Gasteiger partial charge in [-0.05, 0) is 72.4 Å². The van der Waals surface area contributed by atoms with Crippen LogP contribution in [0.3, 0.4) is 0 Å². The lowest BCUT2D eigenvalue weighted by atomic mass is 10.1. The number of rotatable bonds is 0. The summed E-state index contributed by atoms with van der Waals surface area (Å²) in [7, 11) is 0. The molecule has 0 spiro atoms. The molecule has 1 heterocycles. The van der Waals surface area contributed by atoms with Crippen LogP contribution in [0.15, 0.2) is 31.7 Å². The van der Waals surface area contributed by atoms with Crippen LogP contribution in [0.1, 0.15) is 5.56 Å². The summed E-state index contributed by atoms with van der Waals surface area (Å²) in [6.45, 7) is 2.07. The number of hydrogen-bond donors (Lipinski definition) is 0. The molecule has 1 aromatic heterocycles. The molecule has 1 nitrogen and oxygen atoms in total. The number of aryl methyl sites for hydroxylation is 1. The molecule has 1 aromatic carbocycles. The summed E-state index contributed by atoms with van der Waals surface area (Å²) in [6.07, 6.45) is 1.80. The maximum Gasteiger partial charge on any atom is 0.0856 e. The van der Waals surface area contributed by atoms with Crippen LogP contribution in [0.5, 0.6) is 0 Å². The van der Waals surface area contributed by atoms with Crippen molar-refractivity contribution >= 4 is 58.7 Å². The van der Waals surface area contributed by atoms with E-state index in [4.69, 9.17) is 0 Å². The van der Waals surface area contributed by atoms with Gasteiger partial charge in [0.05, 0.1) is 9.99 Å². The average Bonchev–Trinajstić information content (AvgIpc) is 2.12. The Morgan fingerprint density at radius 2 is 1.79 bits per heavy atom. The van der Waals surface area contributed by atoms with Crippen molar-refractivity contribution in [3.05, 3.63) is 37.3 Å². The molecule has 0 atom stereocenters. The Morgan fingerprint density at radius 1 is 1.07 bits per heavy atom. The molecular weight excluding hydrogens is 374 g/mol. The molecule has 14 heavy (non-hydrogen) atoms. The van der Waals surface area contributed by atoms with Gasteiger partial charge in [-0.3, -0.25) is 4.98 Å². The first-order chi connectivity index (χ1) is 6.59. The van der Waals surface area contributed by atoms with Crippen molar-refractivity contribution in [3.8, 4) is 0 Å². The fraction of sp³-hybridized carbons (Fsp3) is 0.100. The molecule has 72 valence electrons. The third-order valence-electron chi connectivity index (χ3n) is 1.96. The molecule has 2 rings (SSSR count). The summed E-state index contributed by atoms with van der Waals surface area (Å²) >= 11 is 10.5. The summed E-state index contributed by atoms with van der Waals surface area (Å²) in [5.74, 6) is 0. The molecule has 4 heteroatoms. The van der Waals surface area contributed by atoms with Gasteiger partial charge >= 0.3 is 0 Å². The standard InChI is InChI=1S/C10H6Br3N/c1-5-2-6-9(13)8(12)4-14-10(6)7(11)3-5/h2-4H,1H3. The Morgan fingerprint density at radius 3 is 2.50 bits per heavy atom. The van der Waals surface area contributed by atoms with E-state index in [1.165, 1.54) is 5.56 Å². The van der Waals surface area contributed by atoms with Crippen LogP contribution >= 0.6 is 47.8 Å². The number of nitrogens with zero attached hydrogens (tertiary/aromatic N) is 1. The highest BCUT2D eigenvalue weighted by Gasteiger charge is 2.07. The molecule has 0 aliphatic rings. The number of pyridine rings is 1. The first-order valence-electron chi connectivity index (χ1n) is 3.99. The van der Waals surface area contributed by atoms with Gasteiger partial charge in [-0.15, -0.1) is 0 Å². The van der Waals surface area contributed by atoms with E-state index in [1.807, 2.05) is 0 Å². The topological polar surface area (TPSA) is 12.9 Å². The summed E-state index contributed by atoms with van der Waals surface area (Å²) in [5, 5.41) is 1.12. The Balaban J connectivity index is 2.95. The molecule has 0 bridgehead atoms. The molecule has 0 amide bonds. The van der Waals surface area contributed by atoms with E-state index in [0.717, 1.165) is 24.3 Å². The maximum atomic E-state index is 4.36. The summed E-state index contributed by atoms with van der Waals surface area (Å²) in [6, 6.07) is 4.18. The highest BCUT2D eigenvalue weighted by atomic mass is 79.9. The van der Waals surface area contributed by atoms with E-state index in [9.17, 15) is 0 Å². The zero-order valence-electron chi connectivity index (χ0n) is 7.31. The zero-order chi connectivity index (χ0) is 10.3. The highest BCUT2D eigenvalue weighted by molar-refractivity contribution is 9.13. The molecule has 2 aromatic rings. The Bertz CT molecular complexity index is 508. The van der Waals surface area contributed by atoms with Gasteiger partial charge in [-0.2, -0.15) is 0 Å². The molecule has 0 fully saturated rings. The number of hydrogen-bond acceptors (Lipinski definition) is 1. The van der Waals surface area contributed by atoms with Crippen LogP contribution in [0, 0.1) is 6.92 Å². The lowest BCUT2D eigenvalue weighted by Gasteiger charge is -2.05. The lowest BCUT2D eigenvalue weighted by Crippen LogP contribution is -1.85. The van der Waals surface area contributed by atoms with Crippen molar-refractivity contribution in [2.45, 2.75) is 6.92 Å². The largest absolute Gasteiger partial charge is 0.254 e. The lowest BCUT2D eigenvalue weighted by molar-refractivity contribution is 1.35. The van der Waals surface area contributed by atoms with Crippen molar-refractivity contribution in [1.29, 1.82) is 0 Å². The number of fused-ring (bicyclic) bond motifs is 1. The first-order valence-corrected chi connectivity index (χ1v) is 6.37. The van der Waals surface area contributed by atoms with Gasteiger partial charge in [0.2, 0.25) is 0 Å². The van der Waals surface area contributed by atoms with E-state index in [0.29, 0.717) is 0 Å². The van der Waals surface area contributed by atoms with Gasteiger partial charge in [-0.1, -0.05) is 0 Å². The van der Waals surface area contributed by atoms with Crippen LogP contribution in [0.4, 0.5) is 0 Å². The molecule has 0 unspecified atom stereocenters. The second-order valence-corrected chi connectivity index (χ2v) is 5.56. The van der Waals surface area contributed by atoms with Gasteiger partial charge in [0.25, 0.3) is 0 Å². The fourth-order valence-electron chi connectivity index (χ4n) is 1.34. The third-order valence-corrected chi connectivity index (χ3v) is 4.55. The quantitative estimate of drug-likeness (QED) is 0.638. The second kappa shape index (κ2) is 3.91. The Kier molecular flexibility index (Phi) is 2.96. The van der Waals surface area contributed by atoms with Gasteiger partial charge in [-0.25, -0.2) is 0 Å². The van der Waals surface area contributed by atoms with Crippen molar-refractivity contribution in [2.75, 3.05) is 0 Å². The van der Waals surface area contributed by atoms with Crippen LogP contribution in [0.2, 0.25) is 0 Å². The van der Waals surface area contributed by atoms with Crippen molar-refractivity contribution in [2.24, 2.45) is 0 Å². The second-order valence-electron chi connectivity index (χ2n) is 3.06. The highest BCUT2D eigenvalue weighted by Crippen LogP contribution is 2.33. The predicted molar refractivity (Wildman–Crippen MR) is 69.6 cm³/mol. The molecule has 0 saturated heterocycles. The van der Waals surface area contributed by atoms with Gasteiger partial charge in [0, 0.05) is 20.5 Å². The first kappa shape index (κ1) is 10.6. The van der Waals surface area contributed by atoms with Crippen LogP contribution < -0.4 is 0 Å². The number of benzene rings is 1. The molecule has 0 aliphatic carbocycles. The van der Waals surface area contributed by atoms with E-state index < -0.39 is 0 Å². The van der Waals surface area contributed by atoms with Crippen molar-refractivity contribution in [3.63, 3.8) is 0 Å². The summed E-state index contributed by atoms with van der Waals surface area (Å²) < 4.78 is 3.05. The van der Waals surface area contributed by atoms with Crippen molar-refractivity contribution < 1.29 is 0 Å². The fourth-order valence-corrected chi connectivity index (χ4v) is 2.74. The summed E-state index contributed by atoms with van der Waals surface area (Å²) in [5.41, 5.74) is 2.19. The monoisotopic (exact) mass is 377 g/mol. The Labute approximate surface area is 107 Å². The van der Waals surface area contributed by atoms with Crippen molar-refractivity contribution in [1.82, 2.24) is 4.98 Å². The minimum Gasteiger partial charge on any atom is -0.254 e. The molecule has 0 radical (unpaired) electrons. The molecule has 0 N–H and O–H groups in total.